The van der Waals surface area contributed by atoms with Gasteiger partial charge in [-0.15, -0.1) is 0 Å². The van der Waals surface area contributed by atoms with Crippen molar-refractivity contribution in [3.05, 3.63) is 36.5 Å². The highest BCUT2D eigenvalue weighted by atomic mass is 16.5. The van der Waals surface area contributed by atoms with Gasteiger partial charge in [-0.1, -0.05) is 24.8 Å². The van der Waals surface area contributed by atoms with Gasteiger partial charge in [-0.3, -0.25) is 0 Å². The maximum absolute atomic E-state index is 10.6. The molecule has 0 aromatic carbocycles. The van der Waals surface area contributed by atoms with E-state index < -0.39 is 0 Å². The number of rotatable bonds is 3. The van der Waals surface area contributed by atoms with E-state index >= 15 is 0 Å². The minimum absolute atomic E-state index is 0.337. The maximum atomic E-state index is 10.6. The highest BCUT2D eigenvalue weighted by Gasteiger charge is 1.91. The number of methoxy groups -OCH3 is 1. The average molecular weight is 152 g/mol. The Morgan fingerprint density at radius 2 is 2.18 bits per heavy atom. The molecular formula is C9H12O2. The van der Waals surface area contributed by atoms with Crippen LogP contribution in [0, 0.1) is 0 Å². The Morgan fingerprint density at radius 1 is 1.55 bits per heavy atom. The first-order valence-electron chi connectivity index (χ1n) is 3.26. The van der Waals surface area contributed by atoms with E-state index in [-0.39, 0.29) is 5.97 Å². The quantitative estimate of drug-likeness (QED) is 0.350. The van der Waals surface area contributed by atoms with Crippen LogP contribution in [0.15, 0.2) is 36.5 Å². The molecule has 0 bridgehead atoms. The number of hydrogen-bond donors (Lipinski definition) is 0. The zero-order valence-corrected chi connectivity index (χ0v) is 6.83. The van der Waals surface area contributed by atoms with Crippen molar-refractivity contribution in [1.82, 2.24) is 0 Å². The highest BCUT2D eigenvalue weighted by Crippen LogP contribution is 1.95. The van der Waals surface area contributed by atoms with Crippen molar-refractivity contribution in [3.63, 3.8) is 0 Å². The molecule has 0 saturated carbocycles. The van der Waals surface area contributed by atoms with Crippen molar-refractivity contribution in [1.29, 1.82) is 0 Å². The van der Waals surface area contributed by atoms with Gasteiger partial charge in [-0.25, -0.2) is 4.79 Å². The second-order valence-electron chi connectivity index (χ2n) is 2.01. The van der Waals surface area contributed by atoms with Gasteiger partial charge in [0, 0.05) is 6.08 Å². The lowest BCUT2D eigenvalue weighted by Crippen LogP contribution is -1.94. The average Bonchev–Trinajstić information content (AvgIpc) is 2.00. The lowest BCUT2D eigenvalue weighted by atomic mass is 10.2. The summed E-state index contributed by atoms with van der Waals surface area (Å²) in [6, 6.07) is 0. The Kier molecular flexibility index (Phi) is 4.82. The van der Waals surface area contributed by atoms with E-state index in [1.165, 1.54) is 13.2 Å². The second-order valence-corrected chi connectivity index (χ2v) is 2.01. The third-order valence-corrected chi connectivity index (χ3v) is 1.04. The van der Waals surface area contributed by atoms with Crippen molar-refractivity contribution in [2.75, 3.05) is 7.11 Å². The van der Waals surface area contributed by atoms with Gasteiger partial charge >= 0.3 is 5.97 Å². The van der Waals surface area contributed by atoms with Crippen LogP contribution in [-0.4, -0.2) is 13.1 Å². The number of hydrogen-bond acceptors (Lipinski definition) is 2. The Labute approximate surface area is 66.9 Å². The molecule has 0 amide bonds. The monoisotopic (exact) mass is 152 g/mol. The van der Waals surface area contributed by atoms with Gasteiger partial charge in [0.05, 0.1) is 7.11 Å². The maximum Gasteiger partial charge on any atom is 0.330 e. The Balaban J connectivity index is 4.10. The van der Waals surface area contributed by atoms with Gasteiger partial charge in [0.2, 0.25) is 0 Å². The molecule has 0 heterocycles. The Morgan fingerprint density at radius 3 is 2.64 bits per heavy atom. The third-order valence-electron chi connectivity index (χ3n) is 1.04. The smallest absolute Gasteiger partial charge is 0.330 e. The van der Waals surface area contributed by atoms with E-state index in [0.29, 0.717) is 0 Å². The molecule has 0 atom stereocenters. The highest BCUT2D eigenvalue weighted by molar-refractivity contribution is 5.83. The summed E-state index contributed by atoms with van der Waals surface area (Å²) in [7, 11) is 1.35. The fourth-order valence-corrected chi connectivity index (χ4v) is 0.513. The van der Waals surface area contributed by atoms with Crippen LogP contribution >= 0.6 is 0 Å². The molecule has 60 valence electrons. The number of carbonyl (C=O) groups is 1. The molecule has 0 rings (SSSR count). The van der Waals surface area contributed by atoms with Crippen LogP contribution in [-0.2, 0) is 9.53 Å². The normalized spacial score (nSPS) is 11.6. The van der Waals surface area contributed by atoms with Gasteiger partial charge in [-0.05, 0) is 12.5 Å². The van der Waals surface area contributed by atoms with Crippen molar-refractivity contribution in [3.8, 4) is 0 Å². The summed E-state index contributed by atoms with van der Waals surface area (Å²) in [5.41, 5.74) is 0.844. The van der Waals surface area contributed by atoms with Crippen molar-refractivity contribution in [2.45, 2.75) is 6.92 Å². The molecule has 2 nitrogen and oxygen atoms in total. The van der Waals surface area contributed by atoms with Crippen LogP contribution in [0.1, 0.15) is 6.92 Å². The SMILES string of the molecule is C=C/C=C/C(C)=C\C(=O)OC. The third kappa shape index (κ3) is 5.15. The molecule has 0 unspecified atom stereocenters. The van der Waals surface area contributed by atoms with Gasteiger partial charge < -0.3 is 4.74 Å². The predicted octanol–water partition coefficient (Wildman–Crippen LogP) is 1.85. The predicted molar refractivity (Wildman–Crippen MR) is 45.1 cm³/mol. The molecule has 0 aliphatic heterocycles. The summed E-state index contributed by atoms with van der Waals surface area (Å²) in [5, 5.41) is 0. The minimum Gasteiger partial charge on any atom is -0.466 e. The Bertz CT molecular complexity index is 200. The number of esters is 1. The summed E-state index contributed by atoms with van der Waals surface area (Å²) < 4.78 is 4.43. The molecule has 0 aliphatic rings. The van der Waals surface area contributed by atoms with Gasteiger partial charge in [0.1, 0.15) is 0 Å². The first-order chi connectivity index (χ1) is 5.20. The van der Waals surface area contributed by atoms with E-state index in [9.17, 15) is 4.79 Å². The van der Waals surface area contributed by atoms with E-state index in [2.05, 4.69) is 11.3 Å². The first-order valence-corrected chi connectivity index (χ1v) is 3.26. The first kappa shape index (κ1) is 9.69. The van der Waals surface area contributed by atoms with Crippen LogP contribution in [0.4, 0.5) is 0 Å². The Hall–Kier alpha value is -1.31. The number of carbonyl (C=O) groups excluding carboxylic acids is 1. The number of allylic oxidation sites excluding steroid dienone is 4. The molecule has 0 fully saturated rings. The number of ether oxygens (including phenoxy) is 1. The topological polar surface area (TPSA) is 26.3 Å². The standard InChI is InChI=1S/C9H12O2/c1-4-5-6-8(2)7-9(10)11-3/h4-7H,1H2,2-3H3/b6-5+,8-7-. The summed E-state index contributed by atoms with van der Waals surface area (Å²) in [6.45, 7) is 5.32. The lowest BCUT2D eigenvalue weighted by Gasteiger charge is -1.91. The van der Waals surface area contributed by atoms with E-state index in [1.807, 2.05) is 6.92 Å². The van der Waals surface area contributed by atoms with Crippen LogP contribution in [0.3, 0.4) is 0 Å². The zero-order valence-electron chi connectivity index (χ0n) is 6.83. The molecule has 0 aromatic rings. The molecule has 0 aromatic heterocycles. The largest absolute Gasteiger partial charge is 0.466 e. The molecule has 0 aliphatic carbocycles. The van der Waals surface area contributed by atoms with Crippen LogP contribution in [0.25, 0.3) is 0 Å². The van der Waals surface area contributed by atoms with E-state index in [1.54, 1.807) is 18.2 Å². The summed E-state index contributed by atoms with van der Waals surface area (Å²) in [4.78, 5) is 10.6. The fraction of sp³-hybridized carbons (Fsp3) is 0.222. The van der Waals surface area contributed by atoms with Crippen LogP contribution in [0.2, 0.25) is 0 Å². The van der Waals surface area contributed by atoms with E-state index in [0.717, 1.165) is 5.57 Å². The zero-order chi connectivity index (χ0) is 8.69. The van der Waals surface area contributed by atoms with Gasteiger partial charge in [0.25, 0.3) is 0 Å². The molecule has 2 heteroatoms. The van der Waals surface area contributed by atoms with Crippen LogP contribution in [0.5, 0.6) is 0 Å². The van der Waals surface area contributed by atoms with Crippen molar-refractivity contribution in [2.24, 2.45) is 0 Å². The molecule has 0 radical (unpaired) electrons. The van der Waals surface area contributed by atoms with Crippen LogP contribution < -0.4 is 0 Å². The minimum atomic E-state index is -0.337. The van der Waals surface area contributed by atoms with Gasteiger partial charge in [-0.2, -0.15) is 0 Å². The summed E-state index contributed by atoms with van der Waals surface area (Å²) in [6.07, 6.45) is 6.60. The second kappa shape index (κ2) is 5.47. The molecule has 11 heavy (non-hydrogen) atoms. The molecule has 0 N–H and O–H groups in total. The fourth-order valence-electron chi connectivity index (χ4n) is 0.513. The molecule has 0 spiro atoms. The molecule has 0 saturated heterocycles. The summed E-state index contributed by atoms with van der Waals surface area (Å²) in [5.74, 6) is -0.337. The summed E-state index contributed by atoms with van der Waals surface area (Å²) >= 11 is 0. The van der Waals surface area contributed by atoms with Crippen molar-refractivity contribution >= 4 is 5.97 Å². The molecular weight excluding hydrogens is 140 g/mol. The van der Waals surface area contributed by atoms with Crippen molar-refractivity contribution < 1.29 is 9.53 Å². The van der Waals surface area contributed by atoms with E-state index in [4.69, 9.17) is 0 Å². The van der Waals surface area contributed by atoms with Gasteiger partial charge in [0.15, 0.2) is 0 Å². The lowest BCUT2D eigenvalue weighted by molar-refractivity contribution is -0.134.